The highest BCUT2D eigenvalue weighted by Crippen LogP contribution is 2.25. The van der Waals surface area contributed by atoms with Gasteiger partial charge in [-0.2, -0.15) is 0 Å². The first-order valence-electron chi connectivity index (χ1n) is 7.09. The second-order valence-corrected chi connectivity index (χ2v) is 7.19. The monoisotopic (exact) mass is 332 g/mol. The minimum Gasteiger partial charge on any atom is -0.325 e. The summed E-state index contributed by atoms with van der Waals surface area (Å²) in [6.45, 7) is 0.754. The molecule has 0 aliphatic carbocycles. The molecule has 1 fully saturated rings. The van der Waals surface area contributed by atoms with Crippen molar-refractivity contribution in [2.24, 2.45) is 0 Å². The van der Waals surface area contributed by atoms with Gasteiger partial charge in [-0.05, 0) is 36.1 Å². The molecule has 3 rings (SSSR count). The first-order chi connectivity index (χ1) is 10.7. The van der Waals surface area contributed by atoms with Gasteiger partial charge in [0, 0.05) is 24.3 Å². The predicted molar refractivity (Wildman–Crippen MR) is 91.7 cm³/mol. The number of amides is 2. The van der Waals surface area contributed by atoms with Crippen LogP contribution in [0.1, 0.15) is 12.8 Å². The normalized spacial score (nSPS) is 14.4. The summed E-state index contributed by atoms with van der Waals surface area (Å²) in [5.74, 6) is 0.493. The third-order valence-corrected chi connectivity index (χ3v) is 5.49. The number of thiophene rings is 1. The van der Waals surface area contributed by atoms with Gasteiger partial charge in [0.25, 0.3) is 0 Å². The number of nitrogens with one attached hydrogen (secondary N) is 1. The van der Waals surface area contributed by atoms with Crippen LogP contribution in [-0.2, 0) is 9.59 Å². The highest BCUT2D eigenvalue weighted by Gasteiger charge is 2.21. The van der Waals surface area contributed by atoms with E-state index in [1.807, 2.05) is 41.8 Å². The number of hydrogen-bond donors (Lipinski definition) is 1. The zero-order valence-corrected chi connectivity index (χ0v) is 13.6. The van der Waals surface area contributed by atoms with Crippen molar-refractivity contribution >= 4 is 46.3 Å². The van der Waals surface area contributed by atoms with Crippen LogP contribution in [0.25, 0.3) is 0 Å². The molecule has 2 amide bonds. The van der Waals surface area contributed by atoms with Crippen LogP contribution in [0.15, 0.2) is 46.0 Å². The van der Waals surface area contributed by atoms with Gasteiger partial charge in [0.2, 0.25) is 11.8 Å². The number of carbonyl (C=O) groups excluding carboxylic acids is 2. The fraction of sp³-hybridized carbons (Fsp3) is 0.250. The molecule has 1 aromatic carbocycles. The van der Waals surface area contributed by atoms with Crippen molar-refractivity contribution in [2.75, 3.05) is 22.5 Å². The average molecular weight is 332 g/mol. The number of anilines is 2. The van der Waals surface area contributed by atoms with Crippen LogP contribution in [0.5, 0.6) is 0 Å². The molecule has 22 heavy (non-hydrogen) atoms. The Kier molecular flexibility index (Phi) is 4.80. The Bertz CT molecular complexity index is 671. The molecular weight excluding hydrogens is 316 g/mol. The zero-order valence-electron chi connectivity index (χ0n) is 12.0. The Labute approximate surface area is 137 Å². The molecule has 1 aliphatic heterocycles. The Morgan fingerprint density at radius 1 is 1.32 bits per heavy atom. The molecule has 1 N–H and O–H groups in total. The van der Waals surface area contributed by atoms with Crippen LogP contribution < -0.4 is 10.2 Å². The van der Waals surface area contributed by atoms with Gasteiger partial charge in [0.15, 0.2) is 0 Å². The number of hydrogen-bond acceptors (Lipinski definition) is 4. The van der Waals surface area contributed by atoms with E-state index in [1.54, 1.807) is 16.2 Å². The molecule has 1 aliphatic rings. The maximum atomic E-state index is 12.0. The molecule has 0 radical (unpaired) electrons. The summed E-state index contributed by atoms with van der Waals surface area (Å²) in [6, 6.07) is 11.4. The van der Waals surface area contributed by atoms with E-state index in [1.165, 1.54) is 11.8 Å². The summed E-state index contributed by atoms with van der Waals surface area (Å²) < 4.78 is 1.13. The van der Waals surface area contributed by atoms with Crippen LogP contribution in [0.2, 0.25) is 0 Å². The van der Waals surface area contributed by atoms with Crippen LogP contribution >= 0.6 is 23.1 Å². The summed E-state index contributed by atoms with van der Waals surface area (Å²) in [7, 11) is 0. The first-order valence-corrected chi connectivity index (χ1v) is 8.95. The highest BCUT2D eigenvalue weighted by molar-refractivity contribution is 8.01. The maximum Gasteiger partial charge on any atom is 0.234 e. The molecule has 1 aromatic heterocycles. The smallest absolute Gasteiger partial charge is 0.234 e. The van der Waals surface area contributed by atoms with E-state index in [-0.39, 0.29) is 11.8 Å². The summed E-state index contributed by atoms with van der Waals surface area (Å²) in [5.41, 5.74) is 1.58. The molecule has 114 valence electrons. The van der Waals surface area contributed by atoms with Gasteiger partial charge in [-0.1, -0.05) is 12.1 Å². The highest BCUT2D eigenvalue weighted by atomic mass is 32.2. The Hall–Kier alpha value is -1.79. The number of carbonyl (C=O) groups is 2. The Morgan fingerprint density at radius 3 is 2.95 bits per heavy atom. The van der Waals surface area contributed by atoms with Crippen LogP contribution in [0.3, 0.4) is 0 Å². The Balaban J connectivity index is 1.60. The van der Waals surface area contributed by atoms with E-state index in [4.69, 9.17) is 0 Å². The lowest BCUT2D eigenvalue weighted by atomic mass is 10.2. The molecule has 0 spiro atoms. The molecule has 0 atom stereocenters. The molecule has 2 heterocycles. The van der Waals surface area contributed by atoms with E-state index < -0.39 is 0 Å². The summed E-state index contributed by atoms with van der Waals surface area (Å²) in [4.78, 5) is 25.5. The maximum absolute atomic E-state index is 12.0. The minimum absolute atomic E-state index is 0.0386. The van der Waals surface area contributed by atoms with E-state index in [0.717, 1.165) is 28.5 Å². The largest absolute Gasteiger partial charge is 0.325 e. The zero-order chi connectivity index (χ0) is 15.4. The van der Waals surface area contributed by atoms with Gasteiger partial charge in [-0.15, -0.1) is 23.1 Å². The number of benzene rings is 1. The third-order valence-electron chi connectivity index (χ3n) is 3.36. The molecule has 0 saturated carbocycles. The van der Waals surface area contributed by atoms with Crippen molar-refractivity contribution in [3.8, 4) is 0 Å². The number of rotatable bonds is 5. The summed E-state index contributed by atoms with van der Waals surface area (Å²) in [6.07, 6.45) is 1.50. The summed E-state index contributed by atoms with van der Waals surface area (Å²) in [5, 5.41) is 4.89. The standard InChI is InChI=1S/C16H16N2O2S2/c19-14(11-22-16-7-3-9-21-16)17-12-4-1-5-13(10-12)18-8-2-6-15(18)20/h1,3-5,7,9-10H,2,6,8,11H2,(H,17,19). The van der Waals surface area contributed by atoms with Crippen LogP contribution in [0, 0.1) is 0 Å². The summed E-state index contributed by atoms with van der Waals surface area (Å²) >= 11 is 3.16. The number of thioether (sulfide) groups is 1. The molecule has 1 saturated heterocycles. The average Bonchev–Trinajstić information content (AvgIpc) is 3.16. The van der Waals surface area contributed by atoms with E-state index in [0.29, 0.717) is 12.2 Å². The fourth-order valence-electron chi connectivity index (χ4n) is 2.35. The Morgan fingerprint density at radius 2 is 2.23 bits per heavy atom. The first kappa shape index (κ1) is 15.1. The minimum atomic E-state index is -0.0386. The quantitative estimate of drug-likeness (QED) is 0.851. The number of nitrogens with zero attached hydrogens (tertiary/aromatic N) is 1. The molecule has 2 aromatic rings. The van der Waals surface area contributed by atoms with E-state index in [2.05, 4.69) is 5.32 Å². The second-order valence-electron chi connectivity index (χ2n) is 4.97. The van der Waals surface area contributed by atoms with Gasteiger partial charge in [0.1, 0.15) is 0 Å². The molecule has 6 heteroatoms. The van der Waals surface area contributed by atoms with E-state index in [9.17, 15) is 9.59 Å². The molecule has 0 bridgehead atoms. The van der Waals surface area contributed by atoms with Crippen molar-refractivity contribution in [1.82, 2.24) is 0 Å². The van der Waals surface area contributed by atoms with E-state index >= 15 is 0 Å². The lowest BCUT2D eigenvalue weighted by molar-refractivity contribution is -0.117. The topological polar surface area (TPSA) is 49.4 Å². The van der Waals surface area contributed by atoms with Gasteiger partial charge in [-0.3, -0.25) is 9.59 Å². The fourth-order valence-corrected chi connectivity index (χ4v) is 3.94. The molecule has 0 unspecified atom stereocenters. The lowest BCUT2D eigenvalue weighted by Gasteiger charge is -2.16. The van der Waals surface area contributed by atoms with Crippen molar-refractivity contribution < 1.29 is 9.59 Å². The van der Waals surface area contributed by atoms with Crippen molar-refractivity contribution in [1.29, 1.82) is 0 Å². The van der Waals surface area contributed by atoms with Crippen LogP contribution in [-0.4, -0.2) is 24.1 Å². The van der Waals surface area contributed by atoms with Gasteiger partial charge >= 0.3 is 0 Å². The van der Waals surface area contributed by atoms with Crippen LogP contribution in [0.4, 0.5) is 11.4 Å². The molecule has 4 nitrogen and oxygen atoms in total. The van der Waals surface area contributed by atoms with Crippen molar-refractivity contribution in [3.05, 3.63) is 41.8 Å². The lowest BCUT2D eigenvalue weighted by Crippen LogP contribution is -2.23. The van der Waals surface area contributed by atoms with Gasteiger partial charge < -0.3 is 10.2 Å². The van der Waals surface area contributed by atoms with Crippen molar-refractivity contribution in [3.63, 3.8) is 0 Å². The SMILES string of the molecule is O=C(CSc1cccs1)Nc1cccc(N2CCCC2=O)c1. The molecular formula is C16H16N2O2S2. The van der Waals surface area contributed by atoms with Gasteiger partial charge in [-0.25, -0.2) is 0 Å². The third kappa shape index (κ3) is 3.69. The predicted octanol–water partition coefficient (Wildman–Crippen LogP) is 3.61. The second kappa shape index (κ2) is 6.98. The van der Waals surface area contributed by atoms with Gasteiger partial charge in [0.05, 0.1) is 9.96 Å². The van der Waals surface area contributed by atoms with Crippen molar-refractivity contribution in [2.45, 2.75) is 17.1 Å².